The Morgan fingerprint density at radius 2 is 2.29 bits per heavy atom. The van der Waals surface area contributed by atoms with E-state index in [1.165, 1.54) is 12.7 Å². The second-order valence-electron chi connectivity index (χ2n) is 5.62. The summed E-state index contributed by atoms with van der Waals surface area (Å²) in [7, 11) is 0. The molecule has 2 aromatic rings. The normalized spacial score (nSPS) is 38.4. The van der Waals surface area contributed by atoms with Gasteiger partial charge in [-0.3, -0.25) is 4.57 Å². The lowest BCUT2D eigenvalue weighted by Crippen LogP contribution is -2.52. The first-order chi connectivity index (χ1) is 10.00. The largest absolute Gasteiger partial charge is 0.393 e. The Morgan fingerprint density at radius 1 is 1.48 bits per heavy atom. The number of nitrogens with zero attached hydrogens (tertiary/aromatic N) is 4. The van der Waals surface area contributed by atoms with Crippen LogP contribution in [0.15, 0.2) is 12.7 Å². The van der Waals surface area contributed by atoms with Crippen LogP contribution in [0.1, 0.15) is 13.2 Å². The number of nitrogen functional groups attached to an aromatic ring is 1. The lowest BCUT2D eigenvalue weighted by molar-refractivity contribution is -0.189. The first-order valence-corrected chi connectivity index (χ1v) is 6.56. The number of hydrogen-bond donors (Lipinski definition) is 3. The van der Waals surface area contributed by atoms with Crippen LogP contribution in [0.25, 0.3) is 11.2 Å². The number of anilines is 1. The number of ether oxygens (including phenoxy) is 2. The minimum atomic E-state index is -1.30. The van der Waals surface area contributed by atoms with Crippen molar-refractivity contribution >= 4 is 17.0 Å². The van der Waals surface area contributed by atoms with E-state index in [2.05, 4.69) is 15.0 Å². The van der Waals surface area contributed by atoms with Crippen LogP contribution in [0.5, 0.6) is 0 Å². The first-order valence-electron chi connectivity index (χ1n) is 6.56. The highest BCUT2D eigenvalue weighted by atomic mass is 16.7. The average Bonchev–Trinajstić information content (AvgIpc) is 3.07. The summed E-state index contributed by atoms with van der Waals surface area (Å²) >= 11 is 0. The third kappa shape index (κ3) is 1.41. The topological polar surface area (TPSA) is 129 Å². The second-order valence-corrected chi connectivity index (χ2v) is 5.62. The van der Waals surface area contributed by atoms with E-state index >= 15 is 0 Å². The van der Waals surface area contributed by atoms with Crippen LogP contribution < -0.4 is 5.73 Å². The summed E-state index contributed by atoms with van der Waals surface area (Å²) in [5.41, 5.74) is 4.27. The summed E-state index contributed by atoms with van der Waals surface area (Å²) in [6.45, 7) is 1.40. The molecule has 4 atom stereocenters. The fourth-order valence-corrected chi connectivity index (χ4v) is 3.10. The molecule has 0 spiro atoms. The third-order valence-corrected chi connectivity index (χ3v) is 4.49. The van der Waals surface area contributed by atoms with E-state index in [0.717, 1.165) is 0 Å². The van der Waals surface area contributed by atoms with Gasteiger partial charge < -0.3 is 25.4 Å². The third-order valence-electron chi connectivity index (χ3n) is 4.49. The zero-order valence-electron chi connectivity index (χ0n) is 11.3. The molecule has 9 nitrogen and oxygen atoms in total. The average molecular weight is 293 g/mol. The van der Waals surface area contributed by atoms with Crippen molar-refractivity contribution in [3.05, 3.63) is 12.7 Å². The number of nitrogens with two attached hydrogens (primary N) is 1. The quantitative estimate of drug-likeness (QED) is 0.631. The Morgan fingerprint density at radius 3 is 3.00 bits per heavy atom. The van der Waals surface area contributed by atoms with Gasteiger partial charge in [0.25, 0.3) is 0 Å². The molecule has 2 bridgehead atoms. The van der Waals surface area contributed by atoms with Gasteiger partial charge in [-0.05, 0) is 6.92 Å². The standard InChI is InChI=1S/C12H15N5O4/c1-11(19)7-10(21-12(11,2-18)3-20-7)17-5-16-6-8(13)14-4-15-9(6)17/h4-5,7,10,18-19H,2-3H2,1H3,(H2,13,14,15). The zero-order chi connectivity index (χ0) is 14.8. The summed E-state index contributed by atoms with van der Waals surface area (Å²) in [6.07, 6.45) is 1.59. The van der Waals surface area contributed by atoms with Gasteiger partial charge in [-0.25, -0.2) is 15.0 Å². The number of rotatable bonds is 2. The lowest BCUT2D eigenvalue weighted by atomic mass is 9.86. The Hall–Kier alpha value is -1.81. The molecule has 21 heavy (non-hydrogen) atoms. The second kappa shape index (κ2) is 3.89. The van der Waals surface area contributed by atoms with Crippen LogP contribution in [0.4, 0.5) is 5.82 Å². The summed E-state index contributed by atoms with van der Waals surface area (Å²) in [4.78, 5) is 12.2. The molecule has 2 aliphatic heterocycles. The van der Waals surface area contributed by atoms with Gasteiger partial charge >= 0.3 is 0 Å². The van der Waals surface area contributed by atoms with Crippen LogP contribution in [-0.2, 0) is 9.47 Å². The van der Waals surface area contributed by atoms with Crippen LogP contribution in [0, 0.1) is 0 Å². The minimum absolute atomic E-state index is 0.140. The number of aliphatic hydroxyl groups is 2. The maximum atomic E-state index is 10.6. The van der Waals surface area contributed by atoms with E-state index < -0.39 is 23.5 Å². The number of aliphatic hydroxyl groups excluding tert-OH is 1. The van der Waals surface area contributed by atoms with E-state index in [0.29, 0.717) is 11.2 Å². The SMILES string of the molecule is CC1(O)C2OCC1(CO)OC2n1cnc2c(N)ncnc21. The van der Waals surface area contributed by atoms with Crippen molar-refractivity contribution in [3.8, 4) is 0 Å². The minimum Gasteiger partial charge on any atom is -0.393 e. The molecule has 4 N–H and O–H groups in total. The van der Waals surface area contributed by atoms with Crippen molar-refractivity contribution in [1.29, 1.82) is 0 Å². The maximum absolute atomic E-state index is 10.6. The molecule has 9 heteroatoms. The molecular weight excluding hydrogens is 278 g/mol. The van der Waals surface area contributed by atoms with Crippen molar-refractivity contribution in [1.82, 2.24) is 19.5 Å². The fraction of sp³-hybridized carbons (Fsp3) is 0.583. The molecule has 2 fully saturated rings. The molecule has 2 aliphatic rings. The van der Waals surface area contributed by atoms with Gasteiger partial charge in [-0.15, -0.1) is 0 Å². The molecule has 2 saturated heterocycles. The molecule has 4 rings (SSSR count). The first kappa shape index (κ1) is 12.9. The van der Waals surface area contributed by atoms with E-state index in [-0.39, 0.29) is 19.0 Å². The number of fused-ring (bicyclic) bond motifs is 3. The highest BCUT2D eigenvalue weighted by molar-refractivity contribution is 5.81. The van der Waals surface area contributed by atoms with Crippen molar-refractivity contribution in [2.24, 2.45) is 0 Å². The Labute approximate surface area is 119 Å². The molecule has 0 saturated carbocycles. The molecule has 0 amide bonds. The summed E-state index contributed by atoms with van der Waals surface area (Å²) in [5.74, 6) is 0.270. The molecule has 2 aromatic heterocycles. The number of aromatic nitrogens is 4. The van der Waals surface area contributed by atoms with E-state index in [9.17, 15) is 10.2 Å². The van der Waals surface area contributed by atoms with Gasteiger partial charge in [-0.1, -0.05) is 0 Å². The Kier molecular flexibility index (Phi) is 2.39. The zero-order valence-corrected chi connectivity index (χ0v) is 11.3. The van der Waals surface area contributed by atoms with Gasteiger partial charge in [0, 0.05) is 0 Å². The smallest absolute Gasteiger partial charge is 0.167 e. The predicted octanol–water partition coefficient (Wildman–Crippen LogP) is -1.18. The van der Waals surface area contributed by atoms with Crippen LogP contribution in [0.2, 0.25) is 0 Å². The van der Waals surface area contributed by atoms with Gasteiger partial charge in [0.05, 0.1) is 19.5 Å². The van der Waals surface area contributed by atoms with Gasteiger partial charge in [0.15, 0.2) is 17.7 Å². The summed E-state index contributed by atoms with van der Waals surface area (Å²) in [5, 5.41) is 20.3. The molecule has 0 aliphatic carbocycles. The highest BCUT2D eigenvalue weighted by Gasteiger charge is 2.69. The predicted molar refractivity (Wildman–Crippen MR) is 70.0 cm³/mol. The van der Waals surface area contributed by atoms with Crippen LogP contribution in [0.3, 0.4) is 0 Å². The molecular formula is C12H15N5O4. The van der Waals surface area contributed by atoms with Gasteiger partial charge in [0.2, 0.25) is 0 Å². The van der Waals surface area contributed by atoms with E-state index in [1.807, 2.05) is 0 Å². The lowest BCUT2D eigenvalue weighted by Gasteiger charge is -2.31. The van der Waals surface area contributed by atoms with Crippen molar-refractivity contribution in [2.45, 2.75) is 30.5 Å². The van der Waals surface area contributed by atoms with Gasteiger partial charge in [-0.2, -0.15) is 0 Å². The number of imidazole rings is 1. The van der Waals surface area contributed by atoms with Gasteiger partial charge in [0.1, 0.15) is 29.2 Å². The molecule has 112 valence electrons. The molecule has 0 radical (unpaired) electrons. The maximum Gasteiger partial charge on any atom is 0.167 e. The highest BCUT2D eigenvalue weighted by Crippen LogP contribution is 2.51. The van der Waals surface area contributed by atoms with Crippen LogP contribution in [-0.4, -0.2) is 60.3 Å². The fourth-order valence-electron chi connectivity index (χ4n) is 3.10. The summed E-state index contributed by atoms with van der Waals surface area (Å²) < 4.78 is 13.2. The molecule has 4 heterocycles. The van der Waals surface area contributed by atoms with E-state index in [4.69, 9.17) is 15.2 Å². The Bertz CT molecular complexity index is 717. The monoisotopic (exact) mass is 293 g/mol. The van der Waals surface area contributed by atoms with Crippen molar-refractivity contribution in [3.63, 3.8) is 0 Å². The van der Waals surface area contributed by atoms with Crippen molar-refractivity contribution < 1.29 is 19.7 Å². The van der Waals surface area contributed by atoms with Crippen molar-refractivity contribution in [2.75, 3.05) is 18.9 Å². The molecule has 4 unspecified atom stereocenters. The van der Waals surface area contributed by atoms with Crippen LogP contribution >= 0.6 is 0 Å². The number of hydrogen-bond acceptors (Lipinski definition) is 8. The summed E-state index contributed by atoms with van der Waals surface area (Å²) in [6, 6.07) is 0. The molecule has 0 aromatic carbocycles. The Balaban J connectivity index is 1.83. The van der Waals surface area contributed by atoms with E-state index in [1.54, 1.807) is 11.5 Å².